The van der Waals surface area contributed by atoms with Crippen molar-refractivity contribution in [3.05, 3.63) is 36.4 Å². The minimum Gasteiger partial charge on any atom is -0.354 e. The minimum atomic E-state index is 0.661. The van der Waals surface area contributed by atoms with Gasteiger partial charge in [-0.1, -0.05) is 0 Å². The van der Waals surface area contributed by atoms with Gasteiger partial charge in [-0.05, 0) is 12.1 Å². The van der Waals surface area contributed by atoms with Crippen molar-refractivity contribution in [3.63, 3.8) is 0 Å². The smallest absolute Gasteiger partial charge is 0.222 e. The van der Waals surface area contributed by atoms with E-state index >= 15 is 0 Å². The van der Waals surface area contributed by atoms with Crippen LogP contribution in [0.2, 0.25) is 0 Å². The van der Waals surface area contributed by atoms with Crippen molar-refractivity contribution in [3.8, 4) is 0 Å². The lowest BCUT2D eigenvalue weighted by molar-refractivity contribution is 0.741. The molecule has 0 aliphatic rings. The summed E-state index contributed by atoms with van der Waals surface area (Å²) in [5.74, 6) is 0.661. The van der Waals surface area contributed by atoms with Gasteiger partial charge in [-0.25, -0.2) is 9.97 Å². The molecule has 0 saturated heterocycles. The van der Waals surface area contributed by atoms with Crippen LogP contribution in [0.15, 0.2) is 30.7 Å². The molecule has 5 nitrogen and oxygen atoms in total. The number of hydrogen-bond donors (Lipinski definition) is 1. The average molecular weight is 203 g/mol. The number of rotatable bonds is 4. The molecule has 0 fully saturated rings. The molecule has 0 aromatic carbocycles. The summed E-state index contributed by atoms with van der Waals surface area (Å²) in [4.78, 5) is 8.13. The van der Waals surface area contributed by atoms with Gasteiger partial charge in [0.1, 0.15) is 0 Å². The molecule has 2 aromatic heterocycles. The molecule has 0 radical (unpaired) electrons. The van der Waals surface area contributed by atoms with E-state index in [2.05, 4.69) is 20.4 Å². The molecule has 0 aliphatic heterocycles. The number of anilines is 1. The maximum atomic E-state index is 4.28. The molecule has 0 amide bonds. The van der Waals surface area contributed by atoms with Gasteiger partial charge in [-0.3, -0.25) is 4.68 Å². The van der Waals surface area contributed by atoms with Gasteiger partial charge in [0.15, 0.2) is 0 Å². The van der Waals surface area contributed by atoms with Crippen LogP contribution in [0.4, 0.5) is 5.95 Å². The highest BCUT2D eigenvalue weighted by atomic mass is 15.2. The topological polar surface area (TPSA) is 55.6 Å². The second kappa shape index (κ2) is 4.54. The molecule has 15 heavy (non-hydrogen) atoms. The molecule has 0 spiro atoms. The normalized spacial score (nSPS) is 10.2. The number of aromatic nitrogens is 4. The molecule has 0 aliphatic carbocycles. The quantitative estimate of drug-likeness (QED) is 0.801. The Morgan fingerprint density at radius 2 is 2.13 bits per heavy atom. The lowest BCUT2D eigenvalue weighted by Crippen LogP contribution is -2.08. The maximum absolute atomic E-state index is 4.28. The van der Waals surface area contributed by atoms with Gasteiger partial charge in [0.05, 0.1) is 5.69 Å². The van der Waals surface area contributed by atoms with Crippen molar-refractivity contribution < 1.29 is 0 Å². The zero-order valence-corrected chi connectivity index (χ0v) is 8.59. The molecular weight excluding hydrogens is 190 g/mol. The molecule has 0 atom stereocenters. The molecule has 1 N–H and O–H groups in total. The fraction of sp³-hybridized carbons (Fsp3) is 0.300. The molecular formula is C10H13N5. The summed E-state index contributed by atoms with van der Waals surface area (Å²) >= 11 is 0. The minimum absolute atomic E-state index is 0.661. The highest BCUT2D eigenvalue weighted by molar-refractivity contribution is 5.22. The highest BCUT2D eigenvalue weighted by Crippen LogP contribution is 1.97. The summed E-state index contributed by atoms with van der Waals surface area (Å²) in [7, 11) is 1.91. The van der Waals surface area contributed by atoms with Gasteiger partial charge in [0, 0.05) is 38.6 Å². The third-order valence-electron chi connectivity index (χ3n) is 2.00. The first-order valence-corrected chi connectivity index (χ1v) is 4.84. The Bertz CT molecular complexity index is 409. The van der Waals surface area contributed by atoms with Crippen molar-refractivity contribution in [2.45, 2.75) is 6.42 Å². The van der Waals surface area contributed by atoms with Gasteiger partial charge >= 0.3 is 0 Å². The predicted octanol–water partition coefficient (Wildman–Crippen LogP) is 0.865. The van der Waals surface area contributed by atoms with Crippen molar-refractivity contribution >= 4 is 5.95 Å². The van der Waals surface area contributed by atoms with E-state index in [1.54, 1.807) is 23.1 Å². The van der Waals surface area contributed by atoms with Crippen molar-refractivity contribution in [1.29, 1.82) is 0 Å². The van der Waals surface area contributed by atoms with E-state index in [0.29, 0.717) is 5.95 Å². The Hall–Kier alpha value is -1.91. The first-order chi connectivity index (χ1) is 7.34. The van der Waals surface area contributed by atoms with Crippen LogP contribution in [0.1, 0.15) is 5.69 Å². The fourth-order valence-corrected chi connectivity index (χ4v) is 1.29. The maximum Gasteiger partial charge on any atom is 0.222 e. The van der Waals surface area contributed by atoms with Crippen molar-refractivity contribution in [2.24, 2.45) is 7.05 Å². The Balaban J connectivity index is 1.80. The molecule has 5 heteroatoms. The van der Waals surface area contributed by atoms with Crippen molar-refractivity contribution in [1.82, 2.24) is 19.7 Å². The van der Waals surface area contributed by atoms with E-state index in [1.165, 1.54) is 0 Å². The molecule has 2 heterocycles. The SMILES string of the molecule is Cn1ccc(CCNc2ncccn2)n1. The first-order valence-electron chi connectivity index (χ1n) is 4.84. The van der Waals surface area contributed by atoms with E-state index in [0.717, 1.165) is 18.7 Å². The Kier molecular flexibility index (Phi) is 2.92. The second-order valence-corrected chi connectivity index (χ2v) is 3.23. The highest BCUT2D eigenvalue weighted by Gasteiger charge is 1.97. The fourth-order valence-electron chi connectivity index (χ4n) is 1.29. The molecule has 2 aromatic rings. The van der Waals surface area contributed by atoms with Crippen LogP contribution in [0.25, 0.3) is 0 Å². The van der Waals surface area contributed by atoms with Crippen LogP contribution in [0.3, 0.4) is 0 Å². The summed E-state index contributed by atoms with van der Waals surface area (Å²) in [5, 5.41) is 7.41. The summed E-state index contributed by atoms with van der Waals surface area (Å²) in [5.41, 5.74) is 1.07. The third kappa shape index (κ3) is 2.77. The molecule has 0 saturated carbocycles. The van der Waals surface area contributed by atoms with Crippen LogP contribution in [-0.4, -0.2) is 26.3 Å². The number of nitrogens with zero attached hydrogens (tertiary/aromatic N) is 4. The van der Waals surface area contributed by atoms with Gasteiger partial charge in [0.2, 0.25) is 5.95 Å². The van der Waals surface area contributed by atoms with E-state index in [9.17, 15) is 0 Å². The number of hydrogen-bond acceptors (Lipinski definition) is 4. The molecule has 2 rings (SSSR count). The largest absolute Gasteiger partial charge is 0.354 e. The van der Waals surface area contributed by atoms with Crippen LogP contribution < -0.4 is 5.32 Å². The lowest BCUT2D eigenvalue weighted by atomic mass is 10.3. The monoisotopic (exact) mass is 203 g/mol. The molecule has 0 unspecified atom stereocenters. The van der Waals surface area contributed by atoms with E-state index < -0.39 is 0 Å². The van der Waals surface area contributed by atoms with Crippen LogP contribution in [0, 0.1) is 0 Å². The van der Waals surface area contributed by atoms with Gasteiger partial charge in [0.25, 0.3) is 0 Å². The second-order valence-electron chi connectivity index (χ2n) is 3.23. The summed E-state index contributed by atoms with van der Waals surface area (Å²) in [6.07, 6.45) is 6.25. The number of nitrogens with one attached hydrogen (secondary N) is 1. The van der Waals surface area contributed by atoms with Gasteiger partial charge < -0.3 is 5.32 Å². The van der Waals surface area contributed by atoms with Crippen LogP contribution in [0.5, 0.6) is 0 Å². The van der Waals surface area contributed by atoms with E-state index in [1.807, 2.05) is 19.3 Å². The Morgan fingerprint density at radius 1 is 1.33 bits per heavy atom. The summed E-state index contributed by atoms with van der Waals surface area (Å²) in [6, 6.07) is 3.80. The third-order valence-corrected chi connectivity index (χ3v) is 2.00. The Labute approximate surface area is 88.2 Å². The van der Waals surface area contributed by atoms with E-state index in [4.69, 9.17) is 0 Å². The van der Waals surface area contributed by atoms with Gasteiger partial charge in [-0.15, -0.1) is 0 Å². The zero-order valence-electron chi connectivity index (χ0n) is 8.59. The van der Waals surface area contributed by atoms with Crippen LogP contribution in [-0.2, 0) is 13.5 Å². The molecule has 78 valence electrons. The van der Waals surface area contributed by atoms with E-state index in [-0.39, 0.29) is 0 Å². The first kappa shape index (κ1) is 9.64. The lowest BCUT2D eigenvalue weighted by Gasteiger charge is -2.01. The summed E-state index contributed by atoms with van der Waals surface area (Å²) in [6.45, 7) is 0.793. The Morgan fingerprint density at radius 3 is 2.80 bits per heavy atom. The van der Waals surface area contributed by atoms with Gasteiger partial charge in [-0.2, -0.15) is 5.10 Å². The predicted molar refractivity (Wildman–Crippen MR) is 57.4 cm³/mol. The van der Waals surface area contributed by atoms with Crippen LogP contribution >= 0.6 is 0 Å². The van der Waals surface area contributed by atoms with Crippen molar-refractivity contribution in [2.75, 3.05) is 11.9 Å². The number of aryl methyl sites for hydroxylation is 1. The zero-order chi connectivity index (χ0) is 10.5. The molecule has 0 bridgehead atoms. The average Bonchev–Trinajstić information content (AvgIpc) is 2.66. The summed E-state index contributed by atoms with van der Waals surface area (Å²) < 4.78 is 1.80. The standard InChI is InChI=1S/C10H13N5/c1-15-8-4-9(14-15)3-7-13-10-11-5-2-6-12-10/h2,4-6,8H,3,7H2,1H3,(H,11,12,13).